The zero-order chi connectivity index (χ0) is 18.6. The summed E-state index contributed by atoms with van der Waals surface area (Å²) >= 11 is 0. The van der Waals surface area contributed by atoms with Crippen LogP contribution in [0.4, 0.5) is 0 Å². The van der Waals surface area contributed by atoms with Crippen LogP contribution >= 0.6 is 0 Å². The molecule has 1 saturated heterocycles. The molecule has 5 nitrogen and oxygen atoms in total. The van der Waals surface area contributed by atoms with E-state index in [0.717, 1.165) is 28.6 Å². The van der Waals surface area contributed by atoms with Crippen LogP contribution in [0.3, 0.4) is 0 Å². The quantitative estimate of drug-likeness (QED) is 0.742. The first-order chi connectivity index (χ1) is 13.1. The highest BCUT2D eigenvalue weighted by atomic mass is 32.2. The minimum absolute atomic E-state index is 0.0245. The number of hydrogen-bond donors (Lipinski definition) is 1. The van der Waals surface area contributed by atoms with Gasteiger partial charge in [0, 0.05) is 29.9 Å². The Morgan fingerprint density at radius 2 is 1.74 bits per heavy atom. The van der Waals surface area contributed by atoms with Crippen molar-refractivity contribution in [2.45, 2.75) is 17.7 Å². The molecule has 1 fully saturated rings. The Balaban J connectivity index is 1.49. The monoisotopic (exact) mass is 380 g/mol. The van der Waals surface area contributed by atoms with Gasteiger partial charge in [-0.05, 0) is 42.5 Å². The number of rotatable bonds is 2. The third kappa shape index (κ3) is 2.55. The summed E-state index contributed by atoms with van der Waals surface area (Å²) in [4.78, 5) is 16.7. The van der Waals surface area contributed by atoms with Gasteiger partial charge in [0.15, 0.2) is 5.78 Å². The first-order valence-electron chi connectivity index (χ1n) is 9.24. The molecule has 0 saturated carbocycles. The molecule has 6 heteroatoms. The van der Waals surface area contributed by atoms with Gasteiger partial charge in [-0.1, -0.05) is 36.4 Å². The number of benzene rings is 2. The number of piperidine rings is 1. The number of ketones is 1. The number of nitrogens with one attached hydrogen (secondary N) is 1. The molecule has 5 rings (SSSR count). The van der Waals surface area contributed by atoms with Gasteiger partial charge < -0.3 is 4.98 Å². The summed E-state index contributed by atoms with van der Waals surface area (Å²) in [6, 6.07) is 16.5. The summed E-state index contributed by atoms with van der Waals surface area (Å²) in [5, 5.41) is 1.07. The molecule has 2 unspecified atom stereocenters. The van der Waals surface area contributed by atoms with E-state index in [1.54, 1.807) is 28.6 Å². The van der Waals surface area contributed by atoms with E-state index in [1.165, 1.54) is 0 Å². The van der Waals surface area contributed by atoms with Crippen molar-refractivity contribution in [3.8, 4) is 0 Å². The number of aromatic nitrogens is 1. The van der Waals surface area contributed by atoms with E-state index in [4.69, 9.17) is 0 Å². The van der Waals surface area contributed by atoms with Crippen LogP contribution in [0.25, 0.3) is 10.9 Å². The number of H-pyrrole nitrogens is 1. The molecule has 1 aliphatic heterocycles. The highest BCUT2D eigenvalue weighted by molar-refractivity contribution is 7.89. The maximum atomic E-state index is 13.0. The second-order valence-electron chi connectivity index (χ2n) is 7.42. The smallest absolute Gasteiger partial charge is 0.243 e. The van der Waals surface area contributed by atoms with Crippen LogP contribution < -0.4 is 0 Å². The molecule has 0 spiro atoms. The third-order valence-corrected chi connectivity index (χ3v) is 7.82. The van der Waals surface area contributed by atoms with E-state index in [-0.39, 0.29) is 17.6 Å². The lowest BCUT2D eigenvalue weighted by molar-refractivity contribution is 0.0761. The van der Waals surface area contributed by atoms with Gasteiger partial charge in [-0.2, -0.15) is 4.31 Å². The number of Topliss-reactive ketones (excluding diaryl/α,β-unsaturated/α-hetero) is 1. The van der Waals surface area contributed by atoms with Crippen molar-refractivity contribution in [2.24, 2.45) is 11.8 Å². The number of hydrogen-bond acceptors (Lipinski definition) is 3. The Labute approximate surface area is 158 Å². The summed E-state index contributed by atoms with van der Waals surface area (Å²) in [5.74, 6) is 0.0541. The first-order valence-corrected chi connectivity index (χ1v) is 10.7. The normalized spacial score (nSPS) is 23.2. The fraction of sp³-hybridized carbons (Fsp3) is 0.286. The Kier molecular flexibility index (Phi) is 3.74. The van der Waals surface area contributed by atoms with Crippen molar-refractivity contribution < 1.29 is 13.2 Å². The van der Waals surface area contributed by atoms with E-state index < -0.39 is 10.0 Å². The van der Waals surface area contributed by atoms with Crippen molar-refractivity contribution >= 4 is 26.7 Å². The highest BCUT2D eigenvalue weighted by Crippen LogP contribution is 2.39. The maximum Gasteiger partial charge on any atom is 0.243 e. The molecule has 2 heterocycles. The second kappa shape index (κ2) is 6.04. The van der Waals surface area contributed by atoms with Gasteiger partial charge in [0.2, 0.25) is 10.0 Å². The van der Waals surface area contributed by atoms with Crippen LogP contribution in [0.5, 0.6) is 0 Å². The molecule has 2 aliphatic rings. The molecule has 1 N–H and O–H groups in total. The topological polar surface area (TPSA) is 70.2 Å². The molecule has 1 aromatic heterocycles. The zero-order valence-corrected chi connectivity index (χ0v) is 15.6. The van der Waals surface area contributed by atoms with Crippen LogP contribution in [-0.2, 0) is 16.4 Å². The molecule has 3 aromatic rings. The molecule has 2 atom stereocenters. The van der Waals surface area contributed by atoms with E-state index in [2.05, 4.69) is 4.98 Å². The molecule has 0 radical (unpaired) electrons. The molecular formula is C21H20N2O3S. The van der Waals surface area contributed by atoms with Crippen LogP contribution in [0.15, 0.2) is 59.5 Å². The predicted molar refractivity (Wildman–Crippen MR) is 103 cm³/mol. The Hall–Kier alpha value is -2.44. The number of fused-ring (bicyclic) bond motifs is 4. The van der Waals surface area contributed by atoms with Crippen LogP contribution in [0, 0.1) is 11.8 Å². The van der Waals surface area contributed by atoms with E-state index in [1.807, 2.05) is 30.3 Å². The number of aromatic amines is 1. The fourth-order valence-corrected chi connectivity index (χ4v) is 6.11. The van der Waals surface area contributed by atoms with Gasteiger partial charge >= 0.3 is 0 Å². The largest absolute Gasteiger partial charge is 0.352 e. The van der Waals surface area contributed by atoms with E-state index in [0.29, 0.717) is 24.4 Å². The minimum atomic E-state index is -3.52. The highest BCUT2D eigenvalue weighted by Gasteiger charge is 2.43. The number of nitrogens with zero attached hydrogens (tertiary/aromatic N) is 1. The lowest BCUT2D eigenvalue weighted by atomic mass is 9.73. The molecule has 0 amide bonds. The molecular weight excluding hydrogens is 360 g/mol. The van der Waals surface area contributed by atoms with Crippen molar-refractivity contribution in [3.05, 3.63) is 65.9 Å². The molecule has 27 heavy (non-hydrogen) atoms. The van der Waals surface area contributed by atoms with Crippen LogP contribution in [0.2, 0.25) is 0 Å². The lowest BCUT2D eigenvalue weighted by Gasteiger charge is -2.39. The number of sulfonamides is 1. The first kappa shape index (κ1) is 16.7. The van der Waals surface area contributed by atoms with Gasteiger partial charge in [-0.3, -0.25) is 4.79 Å². The maximum absolute atomic E-state index is 13.0. The Bertz CT molecular complexity index is 1130. The van der Waals surface area contributed by atoms with Crippen LogP contribution in [0.1, 0.15) is 22.5 Å². The van der Waals surface area contributed by atoms with Crippen LogP contribution in [-0.4, -0.2) is 36.6 Å². The van der Waals surface area contributed by atoms with Gasteiger partial charge in [-0.25, -0.2) is 8.42 Å². The van der Waals surface area contributed by atoms with Gasteiger partial charge in [0.25, 0.3) is 0 Å². The standard InChI is InChI=1S/C21H20N2O3S/c24-21-16-10-11-23(27(25,26)15-6-2-1-3-7-15)13-14(16)12-18-17-8-4-5-9-19(17)22-20(18)21/h1-9,14,16,22H,10-13H2. The third-order valence-electron chi connectivity index (χ3n) is 5.94. The predicted octanol–water partition coefficient (Wildman–Crippen LogP) is 3.23. The van der Waals surface area contributed by atoms with Crippen molar-refractivity contribution in [1.29, 1.82) is 0 Å². The average Bonchev–Trinajstić information content (AvgIpc) is 3.07. The van der Waals surface area contributed by atoms with Crippen molar-refractivity contribution in [2.75, 3.05) is 13.1 Å². The SMILES string of the molecule is O=C1c2[nH]c3ccccc3c2CC2CN(S(=O)(=O)c3ccccc3)CCC12. The van der Waals surface area contributed by atoms with Crippen molar-refractivity contribution in [1.82, 2.24) is 9.29 Å². The van der Waals surface area contributed by atoms with E-state index >= 15 is 0 Å². The van der Waals surface area contributed by atoms with Gasteiger partial charge in [0.1, 0.15) is 0 Å². The zero-order valence-electron chi connectivity index (χ0n) is 14.8. The summed E-state index contributed by atoms with van der Waals surface area (Å²) in [6.45, 7) is 0.784. The van der Waals surface area contributed by atoms with Gasteiger partial charge in [0.05, 0.1) is 10.6 Å². The summed E-state index contributed by atoms with van der Waals surface area (Å²) < 4.78 is 27.5. The average molecular weight is 380 g/mol. The molecule has 1 aliphatic carbocycles. The molecule has 138 valence electrons. The summed E-state index contributed by atoms with van der Waals surface area (Å²) in [6.07, 6.45) is 1.31. The number of para-hydroxylation sites is 1. The summed E-state index contributed by atoms with van der Waals surface area (Å²) in [7, 11) is -3.52. The lowest BCUT2D eigenvalue weighted by Crippen LogP contribution is -2.48. The number of carbonyl (C=O) groups excluding carboxylic acids is 1. The molecule has 2 aromatic carbocycles. The Morgan fingerprint density at radius 1 is 1.00 bits per heavy atom. The Morgan fingerprint density at radius 3 is 2.56 bits per heavy atom. The summed E-state index contributed by atoms with van der Waals surface area (Å²) in [5.41, 5.74) is 2.73. The van der Waals surface area contributed by atoms with E-state index in [9.17, 15) is 13.2 Å². The fourth-order valence-electron chi connectivity index (χ4n) is 4.58. The van der Waals surface area contributed by atoms with Gasteiger partial charge in [-0.15, -0.1) is 0 Å². The second-order valence-corrected chi connectivity index (χ2v) is 9.36. The number of carbonyl (C=O) groups is 1. The minimum Gasteiger partial charge on any atom is -0.352 e. The van der Waals surface area contributed by atoms with Crippen molar-refractivity contribution in [3.63, 3.8) is 0 Å². The molecule has 0 bridgehead atoms.